The van der Waals surface area contributed by atoms with Crippen LogP contribution in [0.25, 0.3) is 0 Å². The van der Waals surface area contributed by atoms with Gasteiger partial charge in [0.25, 0.3) is 0 Å². The fraction of sp³-hybridized carbons (Fsp3) is 0.552. The van der Waals surface area contributed by atoms with Crippen LogP contribution >= 0.6 is 23.2 Å². The number of nitrogens with zero attached hydrogens (tertiary/aromatic N) is 2. The van der Waals surface area contributed by atoms with Crippen LogP contribution in [0.3, 0.4) is 0 Å². The first kappa shape index (κ1) is 28.0. The zero-order valence-corrected chi connectivity index (χ0v) is 23.1. The van der Waals surface area contributed by atoms with Crippen LogP contribution in [0, 0.1) is 11.3 Å². The van der Waals surface area contributed by atoms with Crippen LogP contribution in [0.15, 0.2) is 48.5 Å². The molecular formula is C29H40Cl2N2O2. The molecule has 0 bridgehead atoms. The fourth-order valence-corrected chi connectivity index (χ4v) is 5.17. The van der Waals surface area contributed by atoms with Crippen molar-refractivity contribution >= 4 is 29.1 Å². The van der Waals surface area contributed by atoms with Gasteiger partial charge in [0.15, 0.2) is 0 Å². The van der Waals surface area contributed by atoms with Crippen LogP contribution in [0.1, 0.15) is 64.2 Å². The number of piperazine rings is 1. The van der Waals surface area contributed by atoms with Crippen molar-refractivity contribution in [2.45, 2.75) is 53.1 Å². The molecule has 1 heterocycles. The Balaban J connectivity index is 1.43. The van der Waals surface area contributed by atoms with Gasteiger partial charge in [0.1, 0.15) is 6.10 Å². The maximum Gasteiger partial charge on any atom is 0.222 e. The van der Waals surface area contributed by atoms with Crippen LogP contribution < -0.4 is 0 Å². The summed E-state index contributed by atoms with van der Waals surface area (Å²) in [7, 11) is 0. The first-order valence-electron chi connectivity index (χ1n) is 12.7. The van der Waals surface area contributed by atoms with E-state index >= 15 is 0 Å². The van der Waals surface area contributed by atoms with Crippen LogP contribution in [0.5, 0.6) is 0 Å². The van der Waals surface area contributed by atoms with Gasteiger partial charge in [-0.05, 0) is 59.6 Å². The molecule has 1 aliphatic rings. The Kier molecular flexibility index (Phi) is 10.5. The van der Waals surface area contributed by atoms with Gasteiger partial charge in [0, 0.05) is 55.8 Å². The van der Waals surface area contributed by atoms with E-state index in [0.29, 0.717) is 34.9 Å². The second kappa shape index (κ2) is 13.1. The lowest BCUT2D eigenvalue weighted by atomic mass is 9.84. The van der Waals surface area contributed by atoms with Crippen LogP contribution in [0.4, 0.5) is 0 Å². The Bertz CT molecular complexity index is 872. The second-order valence-corrected chi connectivity index (χ2v) is 11.9. The average molecular weight is 520 g/mol. The third kappa shape index (κ3) is 9.42. The normalized spacial score (nSPS) is 16.0. The molecular weight excluding hydrogens is 479 g/mol. The Morgan fingerprint density at radius 1 is 0.914 bits per heavy atom. The first-order chi connectivity index (χ1) is 16.6. The lowest BCUT2D eigenvalue weighted by molar-refractivity contribution is -0.134. The number of rotatable bonds is 10. The van der Waals surface area contributed by atoms with Crippen LogP contribution in [-0.2, 0) is 9.53 Å². The molecule has 0 radical (unpaired) electrons. The van der Waals surface area contributed by atoms with Gasteiger partial charge in [0.2, 0.25) is 5.91 Å². The Morgan fingerprint density at radius 2 is 1.43 bits per heavy atom. The quantitative estimate of drug-likeness (QED) is 0.314. The summed E-state index contributed by atoms with van der Waals surface area (Å²) in [6, 6.07) is 15.6. The third-order valence-electron chi connectivity index (χ3n) is 6.46. The van der Waals surface area contributed by atoms with Crippen molar-refractivity contribution < 1.29 is 9.53 Å². The molecule has 192 valence electrons. The number of hydrogen-bond acceptors (Lipinski definition) is 3. The van der Waals surface area contributed by atoms with E-state index in [1.54, 1.807) is 0 Å². The highest BCUT2D eigenvalue weighted by molar-refractivity contribution is 6.30. The number of carbonyl (C=O) groups is 1. The van der Waals surface area contributed by atoms with Gasteiger partial charge < -0.3 is 9.64 Å². The molecule has 1 aliphatic heterocycles. The Labute approximate surface area is 221 Å². The smallest absolute Gasteiger partial charge is 0.222 e. The van der Waals surface area contributed by atoms with Crippen molar-refractivity contribution in [2.75, 3.05) is 39.3 Å². The van der Waals surface area contributed by atoms with E-state index < -0.39 is 0 Å². The minimum Gasteiger partial charge on any atom is -0.369 e. The first-order valence-corrected chi connectivity index (χ1v) is 13.5. The maximum atomic E-state index is 12.7. The summed E-state index contributed by atoms with van der Waals surface area (Å²) < 4.78 is 6.35. The average Bonchev–Trinajstić information content (AvgIpc) is 2.80. The van der Waals surface area contributed by atoms with Crippen molar-refractivity contribution in [1.29, 1.82) is 0 Å². The lowest BCUT2D eigenvalue weighted by Gasteiger charge is -2.35. The van der Waals surface area contributed by atoms with E-state index in [0.717, 1.165) is 56.7 Å². The van der Waals surface area contributed by atoms with E-state index in [4.69, 9.17) is 27.9 Å². The van der Waals surface area contributed by atoms with Gasteiger partial charge in [-0.25, -0.2) is 0 Å². The summed E-state index contributed by atoms with van der Waals surface area (Å²) in [4.78, 5) is 17.2. The molecule has 0 unspecified atom stereocenters. The lowest BCUT2D eigenvalue weighted by Crippen LogP contribution is -2.49. The van der Waals surface area contributed by atoms with Gasteiger partial charge in [-0.1, -0.05) is 75.2 Å². The topological polar surface area (TPSA) is 32.8 Å². The molecule has 6 heteroatoms. The zero-order chi connectivity index (χ0) is 25.4. The van der Waals surface area contributed by atoms with Gasteiger partial charge in [-0.2, -0.15) is 0 Å². The summed E-state index contributed by atoms with van der Waals surface area (Å²) in [6.45, 7) is 14.0. The summed E-state index contributed by atoms with van der Waals surface area (Å²) in [5, 5.41) is 1.43. The predicted molar refractivity (Wildman–Crippen MR) is 146 cm³/mol. The molecule has 1 amide bonds. The molecule has 1 fully saturated rings. The number of halogens is 2. The Hall–Kier alpha value is -1.59. The highest BCUT2D eigenvalue weighted by atomic mass is 35.5. The second-order valence-electron chi connectivity index (χ2n) is 11.0. The van der Waals surface area contributed by atoms with E-state index in [2.05, 4.69) is 32.6 Å². The summed E-state index contributed by atoms with van der Waals surface area (Å²) in [5.41, 5.74) is 2.41. The van der Waals surface area contributed by atoms with Crippen molar-refractivity contribution in [3.63, 3.8) is 0 Å². The minimum atomic E-state index is -0.158. The van der Waals surface area contributed by atoms with Gasteiger partial charge in [-0.15, -0.1) is 0 Å². The van der Waals surface area contributed by atoms with E-state index in [1.807, 2.05) is 53.4 Å². The molecule has 3 rings (SSSR count). The van der Waals surface area contributed by atoms with E-state index in [-0.39, 0.29) is 11.5 Å². The summed E-state index contributed by atoms with van der Waals surface area (Å²) in [6.07, 6.45) is 2.51. The summed E-state index contributed by atoms with van der Waals surface area (Å²) in [5.74, 6) is 0.727. The van der Waals surface area contributed by atoms with E-state index in [9.17, 15) is 4.79 Å². The molecule has 2 aromatic rings. The van der Waals surface area contributed by atoms with Crippen molar-refractivity contribution in [1.82, 2.24) is 9.80 Å². The predicted octanol–water partition coefficient (Wildman–Crippen LogP) is 7.10. The van der Waals surface area contributed by atoms with Gasteiger partial charge >= 0.3 is 0 Å². The minimum absolute atomic E-state index is 0.158. The third-order valence-corrected chi connectivity index (χ3v) is 6.96. The largest absolute Gasteiger partial charge is 0.369 e. The van der Waals surface area contributed by atoms with Crippen LogP contribution in [0.2, 0.25) is 10.0 Å². The highest BCUT2D eigenvalue weighted by Crippen LogP contribution is 2.29. The Morgan fingerprint density at radius 3 is 1.91 bits per heavy atom. The molecule has 1 atom stereocenters. The number of ether oxygens (including phenoxy) is 1. The SMILES string of the molecule is C[C@@H](CC(=O)N1CCN(CCCOC(c2ccc(Cl)cc2)c2ccc(Cl)cc2)CC1)CC(C)(C)C. The molecule has 35 heavy (non-hydrogen) atoms. The highest BCUT2D eigenvalue weighted by Gasteiger charge is 2.24. The monoisotopic (exact) mass is 518 g/mol. The molecule has 1 saturated heterocycles. The fourth-order valence-electron chi connectivity index (χ4n) is 4.92. The van der Waals surface area contributed by atoms with Gasteiger partial charge in [0.05, 0.1) is 0 Å². The molecule has 0 N–H and O–H groups in total. The molecule has 0 spiro atoms. The summed E-state index contributed by atoms with van der Waals surface area (Å²) >= 11 is 12.2. The molecule has 0 aliphatic carbocycles. The molecule has 0 aromatic heterocycles. The number of benzene rings is 2. The van der Waals surface area contributed by atoms with Crippen molar-refractivity contribution in [2.24, 2.45) is 11.3 Å². The molecule has 4 nitrogen and oxygen atoms in total. The molecule has 0 saturated carbocycles. The maximum absolute atomic E-state index is 12.7. The van der Waals surface area contributed by atoms with E-state index in [1.165, 1.54) is 0 Å². The number of carbonyl (C=O) groups excluding carboxylic acids is 1. The standard InChI is InChI=1S/C29H40Cl2N2O2/c1-22(21-29(2,3)4)20-27(34)33-17-15-32(16-18-33)14-5-19-35-28(23-6-10-25(30)11-7-23)24-8-12-26(31)13-9-24/h6-13,22,28H,5,14-21H2,1-4H3/t22-/m0/s1. The van der Waals surface area contributed by atoms with Crippen molar-refractivity contribution in [3.8, 4) is 0 Å². The van der Waals surface area contributed by atoms with Gasteiger partial charge in [-0.3, -0.25) is 9.69 Å². The van der Waals surface area contributed by atoms with Crippen LogP contribution in [-0.4, -0.2) is 55.0 Å². The number of amides is 1. The molecule has 2 aromatic carbocycles. The number of hydrogen-bond donors (Lipinski definition) is 0. The van der Waals surface area contributed by atoms with Crippen molar-refractivity contribution in [3.05, 3.63) is 69.7 Å². The zero-order valence-electron chi connectivity index (χ0n) is 21.6.